The average Bonchev–Trinajstić information content (AvgIpc) is 0.906. The van der Waals surface area contributed by atoms with Gasteiger partial charge in [0.05, 0.1) is 33.4 Å². The molecule has 5 heteroatoms. The Morgan fingerprint density at radius 2 is 0.524 bits per heavy atom. The summed E-state index contributed by atoms with van der Waals surface area (Å²) in [4.78, 5) is 5.37. The summed E-state index contributed by atoms with van der Waals surface area (Å²) in [7, 11) is 0. The largest absolute Gasteiger partial charge is 0.310 e. The smallest absolute Gasteiger partial charge is 0.252 e. The molecule has 17 aromatic carbocycles. The van der Waals surface area contributed by atoms with E-state index in [2.05, 4.69) is 401 Å². The molecule has 21 rings (SSSR count). The zero-order chi connectivity index (χ0) is 67.6. The minimum atomic E-state index is -0.258. The highest BCUT2D eigenvalue weighted by Crippen LogP contribution is 2.55. The van der Waals surface area contributed by atoms with Crippen LogP contribution in [0, 0.1) is 0 Å². The summed E-state index contributed by atoms with van der Waals surface area (Å²) >= 11 is 0. The van der Waals surface area contributed by atoms with Crippen molar-refractivity contribution in [2.75, 3.05) is 9.80 Å². The number of hydrogen-bond donors (Lipinski definition) is 0. The van der Waals surface area contributed by atoms with E-state index in [0.717, 1.165) is 123 Å². The van der Waals surface area contributed by atoms with Crippen LogP contribution in [-0.4, -0.2) is 15.8 Å². The number of para-hydroxylation sites is 6. The van der Waals surface area contributed by atoms with E-state index in [4.69, 9.17) is 0 Å². The molecule has 0 aliphatic carbocycles. The molecule has 2 aliphatic rings. The molecule has 0 bridgehead atoms. The maximum Gasteiger partial charge on any atom is 0.252 e. The van der Waals surface area contributed by atoms with Crippen LogP contribution in [0.15, 0.2) is 382 Å². The van der Waals surface area contributed by atoms with Crippen LogP contribution in [0.25, 0.3) is 143 Å². The second kappa shape index (κ2) is 23.6. The standard InChI is InChI=1S/C98H63BN4/c1-5-27-65(28-6-1)77-43-25-44-78(66-29-7-2-8-30-66)97(77)102-91-62-73(100-87-47-21-17-39-81(87)82-40-18-22-48-88(82)100)55-57-85(91)99-86-58-56-74(101-89-49-23-19-41-83(89)84-42-20-24-50-90(84)101)63-92(86)103(98-79(67-31-9-3-10-32-67)45-26-46-80(98)68-33-11-4-12-34-68)94-61-72(60-93(102)96(94)99)64-51-53-69(54-52-64)95-75-37-15-13-35-70(75)59-71-36-14-16-38-76(71)95/h1-63H. The number of anilines is 6. The monoisotopic (exact) mass is 1310 g/mol. The quantitative estimate of drug-likeness (QED) is 0.100. The number of aromatic nitrogens is 2. The molecule has 2 aromatic heterocycles. The van der Waals surface area contributed by atoms with Gasteiger partial charge in [-0.15, -0.1) is 0 Å². The fraction of sp³-hybridized carbons (Fsp3) is 0. The van der Waals surface area contributed by atoms with Gasteiger partial charge in [-0.1, -0.05) is 315 Å². The Morgan fingerprint density at radius 3 is 0.893 bits per heavy atom. The number of hydrogen-bond acceptors (Lipinski definition) is 2. The number of rotatable bonds is 10. The summed E-state index contributed by atoms with van der Waals surface area (Å²) in [6.07, 6.45) is 0. The van der Waals surface area contributed by atoms with Crippen molar-refractivity contribution in [3.63, 3.8) is 0 Å². The number of fused-ring (bicyclic) bond motifs is 12. The van der Waals surface area contributed by atoms with Crippen LogP contribution in [-0.2, 0) is 0 Å². The molecule has 0 radical (unpaired) electrons. The lowest BCUT2D eigenvalue weighted by atomic mass is 9.33. The predicted octanol–water partition coefficient (Wildman–Crippen LogP) is 24.3. The highest BCUT2D eigenvalue weighted by molar-refractivity contribution is 7.00. The normalized spacial score (nSPS) is 12.4. The molecule has 4 nitrogen and oxygen atoms in total. The molecule has 0 N–H and O–H groups in total. The summed E-state index contributed by atoms with van der Waals surface area (Å²) in [5.41, 5.74) is 30.8. The summed E-state index contributed by atoms with van der Waals surface area (Å²) in [6.45, 7) is -0.258. The van der Waals surface area contributed by atoms with Gasteiger partial charge in [0.1, 0.15) is 0 Å². The first-order valence-electron chi connectivity index (χ1n) is 35.7. The van der Waals surface area contributed by atoms with Crippen molar-refractivity contribution in [3.8, 4) is 78.1 Å². The summed E-state index contributed by atoms with van der Waals surface area (Å²) in [5.74, 6) is 0. The van der Waals surface area contributed by atoms with Crippen LogP contribution in [0.1, 0.15) is 0 Å². The summed E-state index contributed by atoms with van der Waals surface area (Å²) in [5, 5.41) is 9.81. The van der Waals surface area contributed by atoms with Crippen molar-refractivity contribution in [1.82, 2.24) is 9.13 Å². The van der Waals surface area contributed by atoms with Gasteiger partial charge in [0.15, 0.2) is 0 Å². The first-order valence-corrected chi connectivity index (χ1v) is 35.7. The summed E-state index contributed by atoms with van der Waals surface area (Å²) in [6, 6.07) is 143. The molecule has 0 unspecified atom stereocenters. The molecule has 19 aromatic rings. The van der Waals surface area contributed by atoms with E-state index in [1.54, 1.807) is 0 Å². The van der Waals surface area contributed by atoms with Gasteiger partial charge in [-0.3, -0.25) is 0 Å². The zero-order valence-electron chi connectivity index (χ0n) is 56.2. The maximum atomic E-state index is 2.68. The fourth-order valence-corrected chi connectivity index (χ4v) is 17.4. The molecular formula is C98H63BN4. The maximum absolute atomic E-state index is 2.68. The van der Waals surface area contributed by atoms with Gasteiger partial charge in [-0.2, -0.15) is 0 Å². The third kappa shape index (κ3) is 9.19. The highest BCUT2D eigenvalue weighted by Gasteiger charge is 2.46. The van der Waals surface area contributed by atoms with Crippen molar-refractivity contribution >= 4 is 122 Å². The van der Waals surface area contributed by atoms with Crippen molar-refractivity contribution in [2.45, 2.75) is 0 Å². The van der Waals surface area contributed by atoms with Gasteiger partial charge < -0.3 is 18.9 Å². The van der Waals surface area contributed by atoms with Crippen molar-refractivity contribution in [2.24, 2.45) is 0 Å². The van der Waals surface area contributed by atoms with Gasteiger partial charge >= 0.3 is 0 Å². The lowest BCUT2D eigenvalue weighted by Crippen LogP contribution is -2.61. The molecule has 0 amide bonds. The SMILES string of the molecule is c1ccc(-c2cccc(-c3ccccc3)c2N2c3cc(-n4c5ccccc5c5ccccc54)ccc3B3c4ccc(-n5c6ccccc6c6ccccc65)cc4N(c4c(-c5ccccc5)cccc4-c4ccccc4)c4cc(-c5ccc(-c6c7ccccc7cc7ccccc67)cc5)cc2c43)cc1. The molecule has 0 spiro atoms. The summed E-state index contributed by atoms with van der Waals surface area (Å²) < 4.78 is 4.98. The molecular weight excluding hydrogens is 1240 g/mol. The van der Waals surface area contributed by atoms with E-state index in [9.17, 15) is 0 Å². The zero-order valence-corrected chi connectivity index (χ0v) is 56.2. The third-order valence-electron chi connectivity index (χ3n) is 21.9. The third-order valence-corrected chi connectivity index (χ3v) is 21.9. The van der Waals surface area contributed by atoms with Crippen molar-refractivity contribution in [3.05, 3.63) is 382 Å². The average molecular weight is 1310 g/mol. The van der Waals surface area contributed by atoms with Crippen molar-refractivity contribution in [1.29, 1.82) is 0 Å². The Kier molecular flexibility index (Phi) is 13.4. The predicted molar refractivity (Wildman–Crippen MR) is 437 cm³/mol. The van der Waals surface area contributed by atoms with Crippen molar-refractivity contribution < 1.29 is 0 Å². The van der Waals surface area contributed by atoms with Crippen LogP contribution in [0.3, 0.4) is 0 Å². The van der Waals surface area contributed by atoms with Crippen LogP contribution in [0.2, 0.25) is 0 Å². The number of nitrogens with zero attached hydrogens (tertiary/aromatic N) is 4. The van der Waals surface area contributed by atoms with E-state index < -0.39 is 0 Å². The minimum Gasteiger partial charge on any atom is -0.310 e. The minimum absolute atomic E-state index is 0.258. The molecule has 0 atom stereocenters. The molecule has 4 heterocycles. The second-order valence-corrected chi connectivity index (χ2v) is 27.4. The highest BCUT2D eigenvalue weighted by atomic mass is 15.2. The van der Waals surface area contributed by atoms with Gasteiger partial charge in [0.25, 0.3) is 6.71 Å². The Bertz CT molecular complexity index is 6020. The molecule has 0 fully saturated rings. The van der Waals surface area contributed by atoms with E-state index in [1.165, 1.54) is 70.6 Å². The lowest BCUT2D eigenvalue weighted by molar-refractivity contribution is 1.17. The molecule has 2 aliphatic heterocycles. The van der Waals surface area contributed by atoms with E-state index in [0.29, 0.717) is 0 Å². The van der Waals surface area contributed by atoms with Crippen LogP contribution >= 0.6 is 0 Å². The second-order valence-electron chi connectivity index (χ2n) is 27.4. The number of benzene rings is 17. The van der Waals surface area contributed by atoms with E-state index >= 15 is 0 Å². The Labute approximate surface area is 597 Å². The van der Waals surface area contributed by atoms with Gasteiger partial charge in [0, 0.05) is 77.9 Å². The first kappa shape index (κ1) is 58.5. The van der Waals surface area contributed by atoms with Crippen LogP contribution in [0.4, 0.5) is 34.1 Å². The Balaban J connectivity index is 0.926. The lowest BCUT2D eigenvalue weighted by Gasteiger charge is -2.46. The van der Waals surface area contributed by atoms with E-state index in [1.807, 2.05) is 0 Å². The molecule has 0 saturated carbocycles. The molecule has 0 saturated heterocycles. The van der Waals surface area contributed by atoms with Gasteiger partial charge in [-0.05, 0) is 149 Å². The Morgan fingerprint density at radius 1 is 0.204 bits per heavy atom. The van der Waals surface area contributed by atoms with Gasteiger partial charge in [-0.25, -0.2) is 0 Å². The van der Waals surface area contributed by atoms with Gasteiger partial charge in [0.2, 0.25) is 0 Å². The van der Waals surface area contributed by atoms with E-state index in [-0.39, 0.29) is 6.71 Å². The van der Waals surface area contributed by atoms with Crippen LogP contribution < -0.4 is 26.2 Å². The molecule has 103 heavy (non-hydrogen) atoms. The van der Waals surface area contributed by atoms with Crippen LogP contribution in [0.5, 0.6) is 0 Å². The fourth-order valence-electron chi connectivity index (χ4n) is 17.4. The topological polar surface area (TPSA) is 16.3 Å². The molecule has 478 valence electrons. The first-order chi connectivity index (χ1) is 51.1. The Hall–Kier alpha value is -13.5.